The number of sulfone groups is 1. The van der Waals surface area contributed by atoms with Gasteiger partial charge in [0.05, 0.1) is 16.4 Å². The number of hydrogen-bond donors (Lipinski definition) is 1. The van der Waals surface area contributed by atoms with Crippen LogP contribution in [-0.2, 0) is 20.0 Å². The van der Waals surface area contributed by atoms with E-state index in [9.17, 15) is 13.2 Å². The van der Waals surface area contributed by atoms with E-state index in [1.54, 1.807) is 25.1 Å². The van der Waals surface area contributed by atoms with Crippen molar-refractivity contribution < 1.29 is 22.7 Å². The molecule has 1 amide bonds. The van der Waals surface area contributed by atoms with Crippen molar-refractivity contribution in [1.29, 1.82) is 0 Å². The van der Waals surface area contributed by atoms with E-state index in [4.69, 9.17) is 9.47 Å². The van der Waals surface area contributed by atoms with Gasteiger partial charge in [-0.25, -0.2) is 13.4 Å². The van der Waals surface area contributed by atoms with Crippen LogP contribution >= 0.6 is 0 Å². The molecule has 1 N–H and O–H groups in total. The average Bonchev–Trinajstić information content (AvgIpc) is 3.43. The highest BCUT2D eigenvalue weighted by atomic mass is 32.2. The quantitative estimate of drug-likeness (QED) is 0.720. The number of fused-ring (bicyclic) bond motifs is 1. The van der Waals surface area contributed by atoms with Crippen LogP contribution in [-0.4, -0.2) is 31.4 Å². The van der Waals surface area contributed by atoms with E-state index < -0.39 is 20.5 Å². The fraction of sp³-hybridized carbons (Fsp3) is 0.455. The number of ether oxygens (including phenoxy) is 2. The number of anilines is 1. The van der Waals surface area contributed by atoms with Gasteiger partial charge >= 0.3 is 0 Å². The summed E-state index contributed by atoms with van der Waals surface area (Å²) in [6, 6.07) is 8.73. The molecule has 0 spiro atoms. The Balaban J connectivity index is 1.62. The predicted molar refractivity (Wildman–Crippen MR) is 112 cm³/mol. The van der Waals surface area contributed by atoms with E-state index in [1.807, 2.05) is 26.0 Å². The first-order valence-corrected chi connectivity index (χ1v) is 11.7. The van der Waals surface area contributed by atoms with E-state index >= 15 is 0 Å². The van der Waals surface area contributed by atoms with Crippen LogP contribution < -0.4 is 14.8 Å². The van der Waals surface area contributed by atoms with Crippen LogP contribution in [0.15, 0.2) is 41.6 Å². The Kier molecular flexibility index (Phi) is 5.22. The largest absolute Gasteiger partial charge is 0.454 e. The van der Waals surface area contributed by atoms with Gasteiger partial charge in [-0.15, -0.1) is 0 Å². The molecule has 2 aromatic rings. The number of benzene rings is 1. The Labute approximate surface area is 176 Å². The molecule has 2 aliphatic rings. The predicted octanol–water partition coefficient (Wildman–Crippen LogP) is 3.69. The number of hydrogen-bond acceptors (Lipinski definition) is 6. The molecule has 7 nitrogen and oxygen atoms in total. The zero-order valence-corrected chi connectivity index (χ0v) is 18.2. The smallest absolute Gasteiger partial charge is 0.235 e. The molecule has 1 aromatic heterocycles. The molecular weight excluding hydrogens is 404 g/mol. The lowest BCUT2D eigenvalue weighted by Crippen LogP contribution is -2.30. The van der Waals surface area contributed by atoms with E-state index in [2.05, 4.69) is 10.3 Å². The fourth-order valence-corrected chi connectivity index (χ4v) is 5.52. The molecule has 1 fully saturated rings. The summed E-state index contributed by atoms with van der Waals surface area (Å²) in [4.78, 5) is 17.4. The number of pyridine rings is 1. The second-order valence-corrected chi connectivity index (χ2v) is 10.3. The van der Waals surface area contributed by atoms with Crippen molar-refractivity contribution in [3.8, 4) is 11.5 Å². The Morgan fingerprint density at radius 1 is 1.20 bits per heavy atom. The van der Waals surface area contributed by atoms with Crippen LogP contribution in [0.3, 0.4) is 0 Å². The normalized spacial score (nSPS) is 18.5. The minimum Gasteiger partial charge on any atom is -0.454 e. The first kappa shape index (κ1) is 20.7. The van der Waals surface area contributed by atoms with Crippen LogP contribution in [0.25, 0.3) is 0 Å². The number of rotatable bonds is 7. The molecule has 8 heteroatoms. The Bertz CT molecular complexity index is 1080. The second kappa shape index (κ2) is 7.58. The lowest BCUT2D eigenvalue weighted by atomic mass is 9.94. The Morgan fingerprint density at radius 3 is 2.63 bits per heavy atom. The molecule has 2 heterocycles. The third-order valence-corrected chi connectivity index (χ3v) is 8.64. The van der Waals surface area contributed by atoms with Crippen molar-refractivity contribution in [1.82, 2.24) is 4.98 Å². The maximum atomic E-state index is 13.2. The molecule has 1 unspecified atom stereocenters. The SMILES string of the molecule is CC[C@H](C)C(C)S(=O)(=O)c1ncccc1NC(=O)C1(c2ccc3c(c2)OCO3)CC1. The maximum Gasteiger partial charge on any atom is 0.235 e. The molecule has 1 aromatic carbocycles. The van der Waals surface area contributed by atoms with Crippen LogP contribution in [0.1, 0.15) is 45.6 Å². The summed E-state index contributed by atoms with van der Waals surface area (Å²) < 4.78 is 37.1. The standard InChI is InChI=1S/C22H26N2O5S/c1-4-14(2)15(3)30(26,27)20-17(6-5-11-23-20)24-21(25)22(9-10-22)16-7-8-18-19(12-16)29-13-28-18/h5-8,11-12,14-15H,4,9-10,13H2,1-3H3,(H,24,25)/t14-,15?/m0/s1. The first-order valence-electron chi connectivity index (χ1n) is 10.2. The second-order valence-electron chi connectivity index (χ2n) is 8.10. The highest BCUT2D eigenvalue weighted by Crippen LogP contribution is 2.51. The van der Waals surface area contributed by atoms with Crippen molar-refractivity contribution >= 4 is 21.4 Å². The van der Waals surface area contributed by atoms with E-state index in [1.165, 1.54) is 6.20 Å². The minimum atomic E-state index is -3.69. The zero-order valence-electron chi connectivity index (χ0n) is 17.3. The topological polar surface area (TPSA) is 94.6 Å². The molecule has 2 atom stereocenters. The van der Waals surface area contributed by atoms with Crippen molar-refractivity contribution in [3.63, 3.8) is 0 Å². The molecular formula is C22H26N2O5S. The summed E-state index contributed by atoms with van der Waals surface area (Å²) in [7, 11) is -3.69. The average molecular weight is 431 g/mol. The Morgan fingerprint density at radius 2 is 1.93 bits per heavy atom. The number of carbonyl (C=O) groups is 1. The minimum absolute atomic E-state index is 0.0241. The third-order valence-electron chi connectivity index (χ3n) is 6.33. The molecule has 0 radical (unpaired) electrons. The summed E-state index contributed by atoms with van der Waals surface area (Å²) in [5, 5.41) is 2.17. The van der Waals surface area contributed by atoms with Gasteiger partial charge in [0.2, 0.25) is 22.5 Å². The van der Waals surface area contributed by atoms with Crippen LogP contribution in [0.4, 0.5) is 5.69 Å². The highest BCUT2D eigenvalue weighted by molar-refractivity contribution is 7.92. The van der Waals surface area contributed by atoms with Gasteiger partial charge in [-0.3, -0.25) is 4.79 Å². The summed E-state index contributed by atoms with van der Waals surface area (Å²) in [5.41, 5.74) is 0.371. The van der Waals surface area contributed by atoms with Crippen LogP contribution in [0, 0.1) is 5.92 Å². The lowest BCUT2D eigenvalue weighted by Gasteiger charge is -2.21. The van der Waals surface area contributed by atoms with Crippen LogP contribution in [0.2, 0.25) is 0 Å². The monoisotopic (exact) mass is 430 g/mol. The molecule has 1 saturated carbocycles. The zero-order chi connectivity index (χ0) is 21.5. The number of nitrogens with zero attached hydrogens (tertiary/aromatic N) is 1. The fourth-order valence-electron chi connectivity index (χ4n) is 3.73. The van der Waals surface area contributed by atoms with E-state index in [0.717, 1.165) is 12.0 Å². The number of amides is 1. The van der Waals surface area contributed by atoms with Crippen molar-refractivity contribution in [3.05, 3.63) is 42.1 Å². The van der Waals surface area contributed by atoms with Crippen molar-refractivity contribution in [2.24, 2.45) is 5.92 Å². The van der Waals surface area contributed by atoms with Gasteiger partial charge in [0.15, 0.2) is 16.5 Å². The van der Waals surface area contributed by atoms with Gasteiger partial charge in [-0.1, -0.05) is 26.3 Å². The summed E-state index contributed by atoms with van der Waals surface area (Å²) in [6.45, 7) is 5.73. The number of nitrogens with one attached hydrogen (secondary N) is 1. The van der Waals surface area contributed by atoms with Crippen molar-refractivity contribution in [2.75, 3.05) is 12.1 Å². The molecule has 30 heavy (non-hydrogen) atoms. The molecule has 1 aliphatic carbocycles. The van der Waals surface area contributed by atoms with Gasteiger partial charge < -0.3 is 14.8 Å². The number of aromatic nitrogens is 1. The van der Waals surface area contributed by atoms with Crippen LogP contribution in [0.5, 0.6) is 11.5 Å². The molecule has 160 valence electrons. The maximum absolute atomic E-state index is 13.2. The molecule has 4 rings (SSSR count). The van der Waals surface area contributed by atoms with E-state index in [0.29, 0.717) is 24.3 Å². The number of carbonyl (C=O) groups excluding carboxylic acids is 1. The van der Waals surface area contributed by atoms with Gasteiger partial charge in [0, 0.05) is 6.20 Å². The summed E-state index contributed by atoms with van der Waals surface area (Å²) in [5.74, 6) is 1.03. The summed E-state index contributed by atoms with van der Waals surface area (Å²) in [6.07, 6.45) is 3.55. The van der Waals surface area contributed by atoms with E-state index in [-0.39, 0.29) is 29.3 Å². The van der Waals surface area contributed by atoms with Crippen molar-refractivity contribution in [2.45, 2.75) is 55.7 Å². The lowest BCUT2D eigenvalue weighted by molar-refractivity contribution is -0.118. The summed E-state index contributed by atoms with van der Waals surface area (Å²) >= 11 is 0. The van der Waals surface area contributed by atoms with Gasteiger partial charge in [-0.2, -0.15) is 0 Å². The Hall–Kier alpha value is -2.61. The van der Waals surface area contributed by atoms with Gasteiger partial charge in [0.1, 0.15) is 0 Å². The molecule has 1 aliphatic heterocycles. The van der Waals surface area contributed by atoms with Gasteiger partial charge in [0.25, 0.3) is 0 Å². The third kappa shape index (κ3) is 3.43. The molecule has 0 bridgehead atoms. The molecule has 0 saturated heterocycles. The van der Waals surface area contributed by atoms with Gasteiger partial charge in [-0.05, 0) is 55.5 Å². The highest BCUT2D eigenvalue weighted by Gasteiger charge is 2.52. The first-order chi connectivity index (χ1) is 14.3.